The summed E-state index contributed by atoms with van der Waals surface area (Å²) in [7, 11) is 0. The Kier molecular flexibility index (Phi) is 4.13. The molecule has 0 unspecified atom stereocenters. The van der Waals surface area contributed by atoms with Crippen molar-refractivity contribution >= 4 is 11.6 Å². The van der Waals surface area contributed by atoms with E-state index in [-0.39, 0.29) is 12.7 Å². The van der Waals surface area contributed by atoms with E-state index in [4.69, 9.17) is 21.4 Å². The van der Waals surface area contributed by atoms with Crippen molar-refractivity contribution in [2.24, 2.45) is 5.41 Å². The van der Waals surface area contributed by atoms with Gasteiger partial charge in [0.25, 0.3) is 0 Å². The number of rotatable bonds is 3. The third-order valence-electron chi connectivity index (χ3n) is 3.61. The lowest BCUT2D eigenvalue weighted by atomic mass is 9.76. The zero-order chi connectivity index (χ0) is 13.2. The predicted octanol–water partition coefficient (Wildman–Crippen LogP) is 3.57. The van der Waals surface area contributed by atoms with E-state index in [1.165, 1.54) is 12.8 Å². The number of aromatic nitrogens is 1. The molecule has 0 aromatic carbocycles. The minimum atomic E-state index is -0.0510. The lowest BCUT2D eigenvalue weighted by Gasteiger charge is -2.34. The second kappa shape index (κ2) is 5.45. The molecule has 100 valence electrons. The molecule has 2 rings (SSSR count). The Bertz CT molecular complexity index is 410. The smallest absolute Gasteiger partial charge is 0.232 e. The minimum Gasteiger partial charge on any atom is -0.473 e. The van der Waals surface area contributed by atoms with E-state index in [0.717, 1.165) is 12.8 Å². The highest BCUT2D eigenvalue weighted by Crippen LogP contribution is 2.37. The molecule has 0 amide bonds. The van der Waals surface area contributed by atoms with Crippen LogP contribution in [0.3, 0.4) is 0 Å². The first kappa shape index (κ1) is 13.6. The highest BCUT2D eigenvalue weighted by Gasteiger charge is 2.28. The Morgan fingerprint density at radius 3 is 2.67 bits per heavy atom. The molecular formula is C14H20ClNO2. The zero-order valence-electron chi connectivity index (χ0n) is 10.9. The van der Waals surface area contributed by atoms with E-state index >= 15 is 0 Å². The summed E-state index contributed by atoms with van der Waals surface area (Å²) in [6.07, 6.45) is 6.25. The van der Waals surface area contributed by atoms with Crippen molar-refractivity contribution < 1.29 is 9.84 Å². The first-order chi connectivity index (χ1) is 8.50. The van der Waals surface area contributed by atoms with Crippen molar-refractivity contribution in [2.45, 2.75) is 52.2 Å². The van der Waals surface area contributed by atoms with Crippen LogP contribution in [0, 0.1) is 5.41 Å². The number of aliphatic hydroxyl groups is 1. The summed E-state index contributed by atoms with van der Waals surface area (Å²) in [5.74, 6) is 0.485. The van der Waals surface area contributed by atoms with Crippen LogP contribution in [0.2, 0.25) is 5.02 Å². The van der Waals surface area contributed by atoms with Gasteiger partial charge in [-0.2, -0.15) is 0 Å². The van der Waals surface area contributed by atoms with E-state index in [0.29, 0.717) is 21.9 Å². The molecule has 1 fully saturated rings. The third-order valence-corrected chi connectivity index (χ3v) is 3.88. The SMILES string of the molecule is CC1(C)CCC(Oc2ncc(CO)cc2Cl)CC1. The van der Waals surface area contributed by atoms with Crippen LogP contribution in [0.25, 0.3) is 0 Å². The van der Waals surface area contributed by atoms with E-state index in [2.05, 4.69) is 18.8 Å². The molecule has 0 atom stereocenters. The molecule has 1 N–H and O–H groups in total. The molecule has 1 heterocycles. The highest BCUT2D eigenvalue weighted by molar-refractivity contribution is 6.31. The van der Waals surface area contributed by atoms with Gasteiger partial charge in [-0.1, -0.05) is 25.4 Å². The Morgan fingerprint density at radius 2 is 2.11 bits per heavy atom. The molecule has 0 spiro atoms. The number of hydrogen-bond donors (Lipinski definition) is 1. The second-order valence-corrected chi connectivity index (χ2v) is 6.18. The summed E-state index contributed by atoms with van der Waals surface area (Å²) >= 11 is 6.08. The van der Waals surface area contributed by atoms with Crippen LogP contribution in [-0.4, -0.2) is 16.2 Å². The average Bonchev–Trinajstić information content (AvgIpc) is 2.34. The van der Waals surface area contributed by atoms with E-state index in [1.807, 2.05) is 0 Å². The number of nitrogens with zero attached hydrogens (tertiary/aromatic N) is 1. The molecule has 18 heavy (non-hydrogen) atoms. The molecule has 0 aliphatic heterocycles. The largest absolute Gasteiger partial charge is 0.473 e. The van der Waals surface area contributed by atoms with Crippen molar-refractivity contribution in [2.75, 3.05) is 0 Å². The molecule has 0 bridgehead atoms. The maximum atomic E-state index is 8.99. The quantitative estimate of drug-likeness (QED) is 0.912. The second-order valence-electron chi connectivity index (χ2n) is 5.77. The van der Waals surface area contributed by atoms with Gasteiger partial charge in [0.05, 0.1) is 6.61 Å². The standard InChI is InChI=1S/C14H20ClNO2/c1-14(2)5-3-11(4-6-14)18-13-12(15)7-10(9-17)8-16-13/h7-8,11,17H,3-6,9H2,1-2H3. The maximum Gasteiger partial charge on any atom is 0.232 e. The summed E-state index contributed by atoms with van der Waals surface area (Å²) in [6.45, 7) is 4.54. The summed E-state index contributed by atoms with van der Waals surface area (Å²) < 4.78 is 5.85. The Labute approximate surface area is 113 Å². The van der Waals surface area contributed by atoms with Gasteiger partial charge in [-0.15, -0.1) is 0 Å². The Balaban J connectivity index is 1.98. The van der Waals surface area contributed by atoms with Crippen molar-refractivity contribution in [3.05, 3.63) is 22.8 Å². The third kappa shape index (κ3) is 3.36. The Morgan fingerprint density at radius 1 is 1.44 bits per heavy atom. The van der Waals surface area contributed by atoms with Crippen molar-refractivity contribution in [3.8, 4) is 5.88 Å². The van der Waals surface area contributed by atoms with Crippen LogP contribution in [0.4, 0.5) is 0 Å². The molecule has 1 aliphatic carbocycles. The molecular weight excluding hydrogens is 250 g/mol. The predicted molar refractivity (Wildman–Crippen MR) is 71.8 cm³/mol. The Hall–Kier alpha value is -0.800. The van der Waals surface area contributed by atoms with Gasteiger partial charge in [-0.05, 0) is 42.7 Å². The number of pyridine rings is 1. The molecule has 0 saturated heterocycles. The zero-order valence-corrected chi connectivity index (χ0v) is 11.7. The molecule has 0 radical (unpaired) electrons. The van der Waals surface area contributed by atoms with Gasteiger partial charge in [-0.3, -0.25) is 0 Å². The molecule has 1 aromatic heterocycles. The number of halogens is 1. The number of hydrogen-bond acceptors (Lipinski definition) is 3. The minimum absolute atomic E-state index is 0.0510. The topological polar surface area (TPSA) is 42.4 Å². The number of aliphatic hydroxyl groups excluding tert-OH is 1. The van der Waals surface area contributed by atoms with Gasteiger partial charge in [0.2, 0.25) is 5.88 Å². The lowest BCUT2D eigenvalue weighted by molar-refractivity contribution is 0.0949. The van der Waals surface area contributed by atoms with Gasteiger partial charge in [0.1, 0.15) is 11.1 Å². The molecule has 3 nitrogen and oxygen atoms in total. The van der Waals surface area contributed by atoms with Crippen molar-refractivity contribution in [1.82, 2.24) is 4.98 Å². The molecule has 1 aromatic rings. The van der Waals surface area contributed by atoms with Crippen molar-refractivity contribution in [3.63, 3.8) is 0 Å². The van der Waals surface area contributed by atoms with Crippen LogP contribution in [0.1, 0.15) is 45.1 Å². The van der Waals surface area contributed by atoms with Gasteiger partial charge >= 0.3 is 0 Å². The normalized spacial score (nSPS) is 19.8. The molecule has 1 aliphatic rings. The molecule has 4 heteroatoms. The fourth-order valence-electron chi connectivity index (χ4n) is 2.29. The van der Waals surface area contributed by atoms with Crippen LogP contribution in [-0.2, 0) is 6.61 Å². The average molecular weight is 270 g/mol. The first-order valence-electron chi connectivity index (χ1n) is 6.42. The van der Waals surface area contributed by atoms with E-state index in [9.17, 15) is 0 Å². The van der Waals surface area contributed by atoms with E-state index < -0.39 is 0 Å². The fraction of sp³-hybridized carbons (Fsp3) is 0.643. The van der Waals surface area contributed by atoms with Crippen LogP contribution < -0.4 is 4.74 Å². The fourth-order valence-corrected chi connectivity index (χ4v) is 2.52. The van der Waals surface area contributed by atoms with E-state index in [1.54, 1.807) is 12.3 Å². The lowest BCUT2D eigenvalue weighted by Crippen LogP contribution is -2.28. The monoisotopic (exact) mass is 269 g/mol. The van der Waals surface area contributed by atoms with Gasteiger partial charge < -0.3 is 9.84 Å². The van der Waals surface area contributed by atoms with Crippen molar-refractivity contribution in [1.29, 1.82) is 0 Å². The van der Waals surface area contributed by atoms with Gasteiger partial charge in [0, 0.05) is 6.20 Å². The van der Waals surface area contributed by atoms with Gasteiger partial charge in [0.15, 0.2) is 0 Å². The summed E-state index contributed by atoms with van der Waals surface area (Å²) in [4.78, 5) is 4.17. The summed E-state index contributed by atoms with van der Waals surface area (Å²) in [6, 6.07) is 1.71. The van der Waals surface area contributed by atoms with Gasteiger partial charge in [-0.25, -0.2) is 4.98 Å². The maximum absolute atomic E-state index is 8.99. The van der Waals surface area contributed by atoms with Crippen LogP contribution >= 0.6 is 11.6 Å². The number of ether oxygens (including phenoxy) is 1. The molecule has 1 saturated carbocycles. The van der Waals surface area contributed by atoms with Crippen LogP contribution in [0.15, 0.2) is 12.3 Å². The summed E-state index contributed by atoms with van der Waals surface area (Å²) in [5, 5.41) is 9.47. The highest BCUT2D eigenvalue weighted by atomic mass is 35.5. The summed E-state index contributed by atoms with van der Waals surface area (Å²) in [5.41, 5.74) is 1.13. The first-order valence-corrected chi connectivity index (χ1v) is 6.80. The van der Waals surface area contributed by atoms with Crippen LogP contribution in [0.5, 0.6) is 5.88 Å².